The predicted molar refractivity (Wildman–Crippen MR) is 55.8 cm³/mol. The molecule has 13 heavy (non-hydrogen) atoms. The Balaban J connectivity index is 3.02. The molecule has 0 amide bonds. The minimum Gasteiger partial charge on any atom is -0.478 e. The Bertz CT molecular complexity index is 361. The second kappa shape index (κ2) is 4.44. The van der Waals surface area contributed by atoms with Crippen molar-refractivity contribution in [3.05, 3.63) is 39.3 Å². The summed E-state index contributed by atoms with van der Waals surface area (Å²) in [6.45, 7) is 0. The van der Waals surface area contributed by atoms with Gasteiger partial charge in [0.05, 0.1) is 5.02 Å². The third-order valence-electron chi connectivity index (χ3n) is 1.39. The third-order valence-corrected chi connectivity index (χ3v) is 2.70. The van der Waals surface area contributed by atoms with Gasteiger partial charge in [0.2, 0.25) is 0 Å². The molecule has 0 heterocycles. The van der Waals surface area contributed by atoms with Crippen LogP contribution in [-0.4, -0.2) is 11.1 Å². The number of hydrogen-bond donors (Lipinski definition) is 1. The van der Waals surface area contributed by atoms with Gasteiger partial charge < -0.3 is 5.11 Å². The van der Waals surface area contributed by atoms with Crippen molar-refractivity contribution in [2.45, 2.75) is 0 Å². The zero-order chi connectivity index (χ0) is 9.84. The largest absolute Gasteiger partial charge is 0.478 e. The lowest BCUT2D eigenvalue weighted by Gasteiger charge is -1.98. The molecule has 0 aromatic heterocycles. The third kappa shape index (κ3) is 2.86. The number of carboxylic acids is 1. The predicted octanol–water partition coefficient (Wildman–Crippen LogP) is 3.20. The molecule has 2 nitrogen and oxygen atoms in total. The lowest BCUT2D eigenvalue weighted by Crippen LogP contribution is -1.86. The molecule has 0 saturated carbocycles. The van der Waals surface area contributed by atoms with Crippen LogP contribution in [0.4, 0.5) is 0 Å². The molecule has 0 aliphatic rings. The van der Waals surface area contributed by atoms with E-state index in [-0.39, 0.29) is 0 Å². The van der Waals surface area contributed by atoms with Gasteiger partial charge in [0.1, 0.15) is 0 Å². The summed E-state index contributed by atoms with van der Waals surface area (Å²) in [5.41, 5.74) is 0.679. The van der Waals surface area contributed by atoms with Gasteiger partial charge in [0.25, 0.3) is 0 Å². The molecular weight excluding hydrogens is 255 g/mol. The highest BCUT2D eigenvalue weighted by Crippen LogP contribution is 2.26. The van der Waals surface area contributed by atoms with E-state index in [9.17, 15) is 4.79 Å². The van der Waals surface area contributed by atoms with Gasteiger partial charge >= 0.3 is 5.97 Å². The van der Waals surface area contributed by atoms with Crippen LogP contribution in [0.2, 0.25) is 5.02 Å². The van der Waals surface area contributed by atoms with E-state index in [1.165, 1.54) is 6.08 Å². The molecule has 0 unspecified atom stereocenters. The number of carbonyl (C=O) groups is 1. The van der Waals surface area contributed by atoms with Crippen LogP contribution in [0.15, 0.2) is 28.7 Å². The van der Waals surface area contributed by atoms with E-state index in [1.807, 2.05) is 0 Å². The monoisotopic (exact) mass is 260 g/mol. The summed E-state index contributed by atoms with van der Waals surface area (Å²) in [5, 5.41) is 8.91. The Hall–Kier alpha value is -0.800. The van der Waals surface area contributed by atoms with E-state index in [0.717, 1.165) is 10.5 Å². The summed E-state index contributed by atoms with van der Waals surface area (Å²) in [6, 6.07) is 5.32. The second-order valence-corrected chi connectivity index (χ2v) is 3.55. The number of aliphatic carboxylic acids is 1. The average Bonchev–Trinajstić information content (AvgIpc) is 2.07. The summed E-state index contributed by atoms with van der Waals surface area (Å²) in [6.07, 6.45) is 2.50. The summed E-state index contributed by atoms with van der Waals surface area (Å²) in [5.74, 6) is -0.990. The summed E-state index contributed by atoms with van der Waals surface area (Å²) >= 11 is 9.13. The molecule has 1 aromatic carbocycles. The minimum absolute atomic E-state index is 0.514. The maximum Gasteiger partial charge on any atom is 0.328 e. The highest BCUT2D eigenvalue weighted by atomic mass is 79.9. The Morgan fingerprint density at radius 3 is 2.85 bits per heavy atom. The van der Waals surface area contributed by atoms with E-state index in [4.69, 9.17) is 16.7 Å². The zero-order valence-corrected chi connectivity index (χ0v) is 8.84. The van der Waals surface area contributed by atoms with E-state index < -0.39 is 5.97 Å². The van der Waals surface area contributed by atoms with Crippen LogP contribution in [-0.2, 0) is 4.79 Å². The van der Waals surface area contributed by atoms with Crippen LogP contribution in [0.3, 0.4) is 0 Å². The topological polar surface area (TPSA) is 37.3 Å². The lowest BCUT2D eigenvalue weighted by atomic mass is 10.2. The van der Waals surface area contributed by atoms with E-state index >= 15 is 0 Å². The molecule has 0 saturated heterocycles. The van der Waals surface area contributed by atoms with Crippen LogP contribution in [0.25, 0.3) is 6.08 Å². The molecule has 0 radical (unpaired) electrons. The van der Waals surface area contributed by atoms with Crippen LogP contribution >= 0.6 is 27.5 Å². The average molecular weight is 262 g/mol. The van der Waals surface area contributed by atoms with Gasteiger partial charge in [-0.2, -0.15) is 0 Å². The fraction of sp³-hybridized carbons (Fsp3) is 0. The number of halogens is 2. The van der Waals surface area contributed by atoms with Gasteiger partial charge in [-0.3, -0.25) is 0 Å². The zero-order valence-electron chi connectivity index (χ0n) is 6.50. The number of benzene rings is 1. The van der Waals surface area contributed by atoms with Gasteiger partial charge in [-0.15, -0.1) is 0 Å². The Kier molecular flexibility index (Phi) is 3.51. The maximum absolute atomic E-state index is 10.2. The molecule has 0 spiro atoms. The van der Waals surface area contributed by atoms with Crippen molar-refractivity contribution < 1.29 is 9.90 Å². The van der Waals surface area contributed by atoms with Crippen molar-refractivity contribution in [1.82, 2.24) is 0 Å². The van der Waals surface area contributed by atoms with E-state index in [1.54, 1.807) is 18.2 Å². The molecule has 0 aliphatic carbocycles. The first-order valence-corrected chi connectivity index (χ1v) is 4.63. The molecule has 1 N–H and O–H groups in total. The van der Waals surface area contributed by atoms with E-state index in [0.29, 0.717) is 10.6 Å². The quantitative estimate of drug-likeness (QED) is 0.830. The van der Waals surface area contributed by atoms with Crippen molar-refractivity contribution >= 4 is 39.6 Å². The van der Waals surface area contributed by atoms with Crippen molar-refractivity contribution in [3.63, 3.8) is 0 Å². The lowest BCUT2D eigenvalue weighted by molar-refractivity contribution is -0.131. The first-order chi connectivity index (χ1) is 6.11. The Morgan fingerprint density at radius 1 is 1.54 bits per heavy atom. The highest BCUT2D eigenvalue weighted by Gasteiger charge is 2.00. The number of rotatable bonds is 2. The number of hydrogen-bond acceptors (Lipinski definition) is 1. The van der Waals surface area contributed by atoms with Crippen LogP contribution < -0.4 is 0 Å². The van der Waals surface area contributed by atoms with Crippen molar-refractivity contribution in [2.75, 3.05) is 0 Å². The summed E-state index contributed by atoms with van der Waals surface area (Å²) in [4.78, 5) is 10.2. The first kappa shape index (κ1) is 10.3. The van der Waals surface area contributed by atoms with Crippen molar-refractivity contribution in [2.24, 2.45) is 0 Å². The second-order valence-electron chi connectivity index (χ2n) is 2.31. The van der Waals surface area contributed by atoms with Gasteiger partial charge in [0.15, 0.2) is 0 Å². The molecule has 0 bridgehead atoms. The summed E-state index contributed by atoms with van der Waals surface area (Å²) in [7, 11) is 0. The van der Waals surface area contributed by atoms with Crippen molar-refractivity contribution in [3.8, 4) is 0 Å². The molecule has 68 valence electrons. The molecule has 1 aromatic rings. The van der Waals surface area contributed by atoms with Crippen LogP contribution in [0, 0.1) is 0 Å². The molecular formula is C9H6BrClO2. The smallest absolute Gasteiger partial charge is 0.328 e. The Labute approximate surface area is 89.0 Å². The standard InChI is InChI=1S/C9H6BrClO2/c10-7-3-1-2-6(9(7)11)4-5-8(12)13/h1-5H,(H,12,13)/b5-4+. The van der Waals surface area contributed by atoms with E-state index in [2.05, 4.69) is 15.9 Å². The molecule has 1 rings (SSSR count). The highest BCUT2D eigenvalue weighted by molar-refractivity contribution is 9.10. The normalized spacial score (nSPS) is 10.6. The molecule has 4 heteroatoms. The first-order valence-electron chi connectivity index (χ1n) is 3.46. The molecule has 0 fully saturated rings. The number of carboxylic acid groups (broad SMARTS) is 1. The fourth-order valence-corrected chi connectivity index (χ4v) is 1.38. The maximum atomic E-state index is 10.2. The van der Waals surface area contributed by atoms with Gasteiger partial charge in [-0.05, 0) is 33.6 Å². The van der Waals surface area contributed by atoms with Gasteiger partial charge in [-0.25, -0.2) is 4.79 Å². The summed E-state index contributed by atoms with van der Waals surface area (Å²) < 4.78 is 0.752. The van der Waals surface area contributed by atoms with Crippen LogP contribution in [0.1, 0.15) is 5.56 Å². The fourth-order valence-electron chi connectivity index (χ4n) is 0.810. The van der Waals surface area contributed by atoms with Crippen LogP contribution in [0.5, 0.6) is 0 Å². The minimum atomic E-state index is -0.990. The SMILES string of the molecule is O=C(O)/C=C/c1cccc(Br)c1Cl. The van der Waals surface area contributed by atoms with Gasteiger partial charge in [-0.1, -0.05) is 23.7 Å². The molecule has 0 atom stereocenters. The Morgan fingerprint density at radius 2 is 2.23 bits per heavy atom. The molecule has 0 aliphatic heterocycles. The van der Waals surface area contributed by atoms with Crippen molar-refractivity contribution in [1.29, 1.82) is 0 Å². The van der Waals surface area contributed by atoms with Gasteiger partial charge in [0, 0.05) is 10.5 Å².